The largest absolute Gasteiger partial charge is 0.472 e. The van der Waals surface area contributed by atoms with Crippen molar-refractivity contribution < 1.29 is 13.9 Å². The Morgan fingerprint density at radius 1 is 1.35 bits per heavy atom. The lowest BCUT2D eigenvalue weighted by molar-refractivity contribution is 0.0524. The van der Waals surface area contributed by atoms with Crippen molar-refractivity contribution in [2.75, 3.05) is 30.9 Å². The summed E-state index contributed by atoms with van der Waals surface area (Å²) in [5.74, 6) is 0.262. The van der Waals surface area contributed by atoms with Crippen LogP contribution in [0, 0.1) is 5.82 Å². The molecule has 2 atom stereocenters. The van der Waals surface area contributed by atoms with Crippen LogP contribution in [0.5, 0.6) is 5.88 Å². The molecule has 2 aromatic heterocycles. The van der Waals surface area contributed by atoms with Crippen molar-refractivity contribution in [1.82, 2.24) is 15.0 Å². The zero-order chi connectivity index (χ0) is 16.1. The van der Waals surface area contributed by atoms with Crippen molar-refractivity contribution >= 4 is 40.1 Å². The number of fused-ring (bicyclic) bond motifs is 2. The Kier molecular flexibility index (Phi) is 3.70. The average molecular weight is 357 g/mol. The van der Waals surface area contributed by atoms with Gasteiger partial charge in [0.05, 0.1) is 19.3 Å². The fraction of sp³-hybridized carbons (Fsp3) is 0.500. The third-order valence-corrected chi connectivity index (χ3v) is 4.93. The fourth-order valence-corrected chi connectivity index (χ4v) is 3.52. The van der Waals surface area contributed by atoms with Crippen LogP contribution in [0.2, 0.25) is 5.15 Å². The topological polar surface area (TPSA) is 60.4 Å². The van der Waals surface area contributed by atoms with Gasteiger partial charge in [-0.3, -0.25) is 0 Å². The number of thioether (sulfide) groups is 1. The van der Waals surface area contributed by atoms with Gasteiger partial charge in [0, 0.05) is 6.54 Å². The standard InChI is InChI=1S/C14H14ClFN4O2S/c1-6-7-5-21-4-3-20(7)12-8-10(17-14(19-12)23-2)9(16)11(15)18-13(8)22-6/h6-7H,3-5H2,1-2H3/t6-,7-/m0/s1. The quantitative estimate of drug-likeness (QED) is 0.442. The molecule has 1 saturated heterocycles. The number of pyridine rings is 1. The minimum Gasteiger partial charge on any atom is -0.472 e. The lowest BCUT2D eigenvalue weighted by atomic mass is 10.1. The van der Waals surface area contributed by atoms with Gasteiger partial charge in [-0.2, -0.15) is 4.98 Å². The molecule has 0 spiro atoms. The highest BCUT2D eigenvalue weighted by atomic mass is 35.5. The Morgan fingerprint density at radius 3 is 2.96 bits per heavy atom. The summed E-state index contributed by atoms with van der Waals surface area (Å²) in [6.07, 6.45) is 1.65. The van der Waals surface area contributed by atoms with E-state index in [1.54, 1.807) is 0 Å². The van der Waals surface area contributed by atoms with Gasteiger partial charge in [0.25, 0.3) is 0 Å². The Morgan fingerprint density at radius 2 is 2.17 bits per heavy atom. The van der Waals surface area contributed by atoms with Gasteiger partial charge in [0.1, 0.15) is 22.8 Å². The molecule has 2 aliphatic rings. The minimum atomic E-state index is -0.646. The number of aromatic nitrogens is 3. The molecule has 1 fully saturated rings. The molecule has 0 amide bonds. The number of nitrogens with zero attached hydrogens (tertiary/aromatic N) is 4. The van der Waals surface area contributed by atoms with E-state index < -0.39 is 5.82 Å². The molecular formula is C14H14ClFN4O2S. The van der Waals surface area contributed by atoms with E-state index in [9.17, 15) is 4.39 Å². The highest BCUT2D eigenvalue weighted by Gasteiger charge is 2.37. The molecule has 23 heavy (non-hydrogen) atoms. The molecule has 0 aliphatic carbocycles. The number of rotatable bonds is 1. The summed E-state index contributed by atoms with van der Waals surface area (Å²) in [6.45, 7) is 3.70. The van der Waals surface area contributed by atoms with Crippen molar-refractivity contribution in [3.8, 4) is 5.88 Å². The van der Waals surface area contributed by atoms with Crippen molar-refractivity contribution in [3.63, 3.8) is 0 Å². The molecule has 0 bridgehead atoms. The Hall–Kier alpha value is -1.38. The van der Waals surface area contributed by atoms with Crippen LogP contribution in [0.15, 0.2) is 5.16 Å². The normalized spacial score (nSPS) is 23.4. The summed E-state index contributed by atoms with van der Waals surface area (Å²) in [5, 5.41) is 0.716. The second-order valence-electron chi connectivity index (χ2n) is 5.44. The second-order valence-corrected chi connectivity index (χ2v) is 6.57. The molecule has 0 unspecified atom stereocenters. The van der Waals surface area contributed by atoms with Crippen molar-refractivity contribution in [2.45, 2.75) is 24.2 Å². The maximum atomic E-state index is 14.5. The number of hydrogen-bond acceptors (Lipinski definition) is 7. The van der Waals surface area contributed by atoms with Gasteiger partial charge in [0.15, 0.2) is 16.1 Å². The molecule has 4 heterocycles. The first kappa shape index (κ1) is 15.2. The third kappa shape index (κ3) is 2.31. The summed E-state index contributed by atoms with van der Waals surface area (Å²) >= 11 is 7.28. The van der Waals surface area contributed by atoms with Crippen LogP contribution < -0.4 is 9.64 Å². The van der Waals surface area contributed by atoms with Gasteiger partial charge in [-0.1, -0.05) is 23.4 Å². The second kappa shape index (κ2) is 5.61. The smallest absolute Gasteiger partial charge is 0.228 e. The third-order valence-electron chi connectivity index (χ3n) is 4.13. The van der Waals surface area contributed by atoms with Crippen molar-refractivity contribution in [2.24, 2.45) is 0 Å². The van der Waals surface area contributed by atoms with Crippen molar-refractivity contribution in [1.29, 1.82) is 0 Å². The van der Waals surface area contributed by atoms with Crippen molar-refractivity contribution in [3.05, 3.63) is 11.0 Å². The van der Waals surface area contributed by atoms with E-state index in [-0.39, 0.29) is 28.7 Å². The van der Waals surface area contributed by atoms with E-state index in [4.69, 9.17) is 21.1 Å². The zero-order valence-electron chi connectivity index (χ0n) is 12.5. The van der Waals surface area contributed by atoms with Crippen LogP contribution >= 0.6 is 23.4 Å². The van der Waals surface area contributed by atoms with E-state index >= 15 is 0 Å². The lowest BCUT2D eigenvalue weighted by Gasteiger charge is -2.37. The Labute approximate surface area is 141 Å². The lowest BCUT2D eigenvalue weighted by Crippen LogP contribution is -2.52. The predicted molar refractivity (Wildman–Crippen MR) is 86.1 cm³/mol. The van der Waals surface area contributed by atoms with Crippen LogP contribution in [-0.4, -0.2) is 53.1 Å². The number of hydrogen-bond donors (Lipinski definition) is 0. The molecule has 0 N–H and O–H groups in total. The zero-order valence-corrected chi connectivity index (χ0v) is 14.1. The predicted octanol–water partition coefficient (Wildman–Crippen LogP) is 2.53. The molecule has 0 radical (unpaired) electrons. The molecule has 9 heteroatoms. The molecule has 6 nitrogen and oxygen atoms in total. The molecule has 122 valence electrons. The summed E-state index contributed by atoms with van der Waals surface area (Å²) in [4.78, 5) is 15.0. The Bertz CT molecular complexity index is 793. The van der Waals surface area contributed by atoms with E-state index in [2.05, 4.69) is 19.9 Å². The highest BCUT2D eigenvalue weighted by molar-refractivity contribution is 7.98. The monoisotopic (exact) mass is 356 g/mol. The average Bonchev–Trinajstić information content (AvgIpc) is 2.68. The summed E-state index contributed by atoms with van der Waals surface area (Å²) < 4.78 is 26.0. The fourth-order valence-electron chi connectivity index (χ4n) is 2.99. The molecule has 2 aliphatic heterocycles. The SMILES string of the molecule is CSc1nc2c3c(nc(Cl)c(F)c3n1)O[C@@H](C)[C@@H]1COCCN21. The number of halogens is 2. The van der Waals surface area contributed by atoms with Gasteiger partial charge in [-0.05, 0) is 13.2 Å². The van der Waals surface area contributed by atoms with E-state index in [1.807, 2.05) is 13.2 Å². The first-order valence-corrected chi connectivity index (χ1v) is 8.82. The minimum absolute atomic E-state index is 0.0207. The van der Waals surface area contributed by atoms with Crippen LogP contribution in [0.1, 0.15) is 6.92 Å². The summed E-state index contributed by atoms with van der Waals surface area (Å²) in [6, 6.07) is -0.0207. The van der Waals surface area contributed by atoms with Gasteiger partial charge < -0.3 is 14.4 Å². The maximum Gasteiger partial charge on any atom is 0.228 e. The van der Waals surface area contributed by atoms with Crippen LogP contribution in [-0.2, 0) is 4.74 Å². The Balaban J connectivity index is 2.06. The summed E-state index contributed by atoms with van der Waals surface area (Å²) in [5.41, 5.74) is 0.147. The number of ether oxygens (including phenoxy) is 2. The molecule has 0 saturated carbocycles. The summed E-state index contributed by atoms with van der Waals surface area (Å²) in [7, 11) is 0. The molecule has 4 rings (SSSR count). The van der Waals surface area contributed by atoms with Crippen LogP contribution in [0.25, 0.3) is 10.9 Å². The first-order valence-electron chi connectivity index (χ1n) is 7.22. The van der Waals surface area contributed by atoms with Gasteiger partial charge in [-0.25, -0.2) is 14.4 Å². The number of morpholine rings is 1. The van der Waals surface area contributed by atoms with E-state index in [0.29, 0.717) is 36.1 Å². The van der Waals surface area contributed by atoms with Gasteiger partial charge in [0.2, 0.25) is 5.88 Å². The van der Waals surface area contributed by atoms with Crippen LogP contribution in [0.4, 0.5) is 10.2 Å². The van der Waals surface area contributed by atoms with Gasteiger partial charge in [-0.15, -0.1) is 0 Å². The number of anilines is 1. The van der Waals surface area contributed by atoms with E-state index in [0.717, 1.165) is 0 Å². The van der Waals surface area contributed by atoms with E-state index in [1.165, 1.54) is 11.8 Å². The van der Waals surface area contributed by atoms with Crippen LogP contribution in [0.3, 0.4) is 0 Å². The van der Waals surface area contributed by atoms with Gasteiger partial charge >= 0.3 is 0 Å². The molecule has 2 aromatic rings. The first-order chi connectivity index (χ1) is 11.1. The highest BCUT2D eigenvalue weighted by Crippen LogP contribution is 2.40. The molecule has 0 aromatic carbocycles. The molecular weight excluding hydrogens is 343 g/mol. The maximum absolute atomic E-state index is 14.5.